The van der Waals surface area contributed by atoms with Crippen LogP contribution in [-0.4, -0.2) is 35.9 Å². The number of carbonyl (C=O) groups is 2. The molecule has 0 unspecified atom stereocenters. The quantitative estimate of drug-likeness (QED) is 0.677. The minimum absolute atomic E-state index is 0.221. The SMILES string of the molecule is CC(C)C[C@@H](C(=O)O)[C@@H](CCC1CCOCC1)C(=O)OC(C)(C)C. The van der Waals surface area contributed by atoms with Crippen LogP contribution in [0.15, 0.2) is 0 Å². The van der Waals surface area contributed by atoms with E-state index in [-0.39, 0.29) is 11.9 Å². The number of esters is 1. The molecule has 1 aliphatic rings. The van der Waals surface area contributed by atoms with Crippen LogP contribution in [0, 0.1) is 23.7 Å². The molecule has 0 aromatic heterocycles. The monoisotopic (exact) mass is 342 g/mol. The van der Waals surface area contributed by atoms with Crippen LogP contribution in [0.4, 0.5) is 0 Å². The first-order valence-electron chi connectivity index (χ1n) is 9.13. The summed E-state index contributed by atoms with van der Waals surface area (Å²) < 4.78 is 10.9. The van der Waals surface area contributed by atoms with E-state index in [1.807, 2.05) is 34.6 Å². The zero-order chi connectivity index (χ0) is 18.3. The van der Waals surface area contributed by atoms with Crippen LogP contribution in [0.2, 0.25) is 0 Å². The van der Waals surface area contributed by atoms with Crippen molar-refractivity contribution in [3.63, 3.8) is 0 Å². The van der Waals surface area contributed by atoms with Gasteiger partial charge in [0.2, 0.25) is 0 Å². The Hall–Kier alpha value is -1.10. The summed E-state index contributed by atoms with van der Waals surface area (Å²) in [5, 5.41) is 9.65. The molecular weight excluding hydrogens is 308 g/mol. The fourth-order valence-corrected chi connectivity index (χ4v) is 3.26. The highest BCUT2D eigenvalue weighted by atomic mass is 16.6. The minimum atomic E-state index is -0.897. The Labute approximate surface area is 146 Å². The lowest BCUT2D eigenvalue weighted by molar-refractivity contribution is -0.167. The van der Waals surface area contributed by atoms with Gasteiger partial charge in [-0.05, 0) is 64.7 Å². The molecule has 2 atom stereocenters. The summed E-state index contributed by atoms with van der Waals surface area (Å²) in [6, 6.07) is 0. The molecule has 1 aliphatic heterocycles. The van der Waals surface area contributed by atoms with Crippen LogP contribution in [0.3, 0.4) is 0 Å². The molecule has 24 heavy (non-hydrogen) atoms. The molecule has 0 spiro atoms. The van der Waals surface area contributed by atoms with Crippen molar-refractivity contribution in [2.45, 2.75) is 72.3 Å². The van der Waals surface area contributed by atoms with E-state index in [0.29, 0.717) is 18.8 Å². The average molecular weight is 342 g/mol. The normalized spacial score (nSPS) is 19.1. The van der Waals surface area contributed by atoms with Gasteiger partial charge in [0.25, 0.3) is 0 Å². The van der Waals surface area contributed by atoms with E-state index in [1.165, 1.54) is 0 Å². The van der Waals surface area contributed by atoms with Gasteiger partial charge < -0.3 is 14.6 Å². The van der Waals surface area contributed by atoms with E-state index in [4.69, 9.17) is 9.47 Å². The number of aliphatic carboxylic acids is 1. The van der Waals surface area contributed by atoms with Crippen molar-refractivity contribution in [3.05, 3.63) is 0 Å². The van der Waals surface area contributed by atoms with Crippen molar-refractivity contribution in [3.8, 4) is 0 Å². The summed E-state index contributed by atoms with van der Waals surface area (Å²) in [5.74, 6) is -1.79. The maximum Gasteiger partial charge on any atom is 0.310 e. The number of hydrogen-bond acceptors (Lipinski definition) is 4. The Balaban J connectivity index is 2.82. The second kappa shape index (κ2) is 9.40. The Morgan fingerprint density at radius 1 is 1.17 bits per heavy atom. The highest BCUT2D eigenvalue weighted by Gasteiger charge is 2.37. The predicted molar refractivity (Wildman–Crippen MR) is 92.7 cm³/mol. The molecule has 1 N–H and O–H groups in total. The molecule has 5 nitrogen and oxygen atoms in total. The fraction of sp³-hybridized carbons (Fsp3) is 0.895. The second-order valence-electron chi connectivity index (χ2n) is 8.35. The first-order valence-corrected chi connectivity index (χ1v) is 9.13. The summed E-state index contributed by atoms with van der Waals surface area (Å²) in [4.78, 5) is 24.4. The lowest BCUT2D eigenvalue weighted by Crippen LogP contribution is -2.36. The summed E-state index contributed by atoms with van der Waals surface area (Å²) in [7, 11) is 0. The highest BCUT2D eigenvalue weighted by molar-refractivity contribution is 5.81. The fourth-order valence-electron chi connectivity index (χ4n) is 3.26. The topological polar surface area (TPSA) is 72.8 Å². The maximum absolute atomic E-state index is 12.6. The van der Waals surface area contributed by atoms with E-state index in [2.05, 4.69) is 0 Å². The summed E-state index contributed by atoms with van der Waals surface area (Å²) in [6.07, 6.45) is 3.90. The lowest BCUT2D eigenvalue weighted by atomic mass is 9.80. The largest absolute Gasteiger partial charge is 0.481 e. The van der Waals surface area contributed by atoms with Crippen molar-refractivity contribution in [1.29, 1.82) is 0 Å². The Morgan fingerprint density at radius 2 is 1.75 bits per heavy atom. The van der Waals surface area contributed by atoms with Crippen LogP contribution >= 0.6 is 0 Å². The number of carbonyl (C=O) groups excluding carboxylic acids is 1. The Bertz CT molecular complexity index is 404. The van der Waals surface area contributed by atoms with Gasteiger partial charge in [-0.15, -0.1) is 0 Å². The second-order valence-corrected chi connectivity index (χ2v) is 8.35. The minimum Gasteiger partial charge on any atom is -0.481 e. The van der Waals surface area contributed by atoms with Crippen LogP contribution in [0.1, 0.15) is 66.7 Å². The molecule has 0 aromatic carbocycles. The Morgan fingerprint density at radius 3 is 2.21 bits per heavy atom. The molecule has 140 valence electrons. The van der Waals surface area contributed by atoms with Crippen LogP contribution in [0.25, 0.3) is 0 Å². The van der Waals surface area contributed by atoms with Gasteiger partial charge in [0, 0.05) is 13.2 Å². The molecule has 0 aromatic rings. The molecule has 0 amide bonds. The average Bonchev–Trinajstić information content (AvgIpc) is 2.45. The van der Waals surface area contributed by atoms with Gasteiger partial charge in [-0.3, -0.25) is 9.59 Å². The zero-order valence-electron chi connectivity index (χ0n) is 15.8. The standard InChI is InChI=1S/C19H34O5/c1-13(2)12-16(17(20)21)15(18(22)24-19(3,4)5)7-6-14-8-10-23-11-9-14/h13-16H,6-12H2,1-5H3,(H,20,21)/t15-,16-/m1/s1. The number of carboxylic acid groups (broad SMARTS) is 1. The lowest BCUT2D eigenvalue weighted by Gasteiger charge is -2.30. The van der Waals surface area contributed by atoms with Crippen molar-refractivity contribution in [1.82, 2.24) is 0 Å². The van der Waals surface area contributed by atoms with Crippen molar-refractivity contribution >= 4 is 11.9 Å². The molecule has 5 heteroatoms. The van der Waals surface area contributed by atoms with E-state index >= 15 is 0 Å². The molecule has 0 saturated carbocycles. The van der Waals surface area contributed by atoms with Gasteiger partial charge in [0.15, 0.2) is 0 Å². The first-order chi connectivity index (χ1) is 11.1. The predicted octanol–water partition coefficient (Wildman–Crippen LogP) is 3.90. The summed E-state index contributed by atoms with van der Waals surface area (Å²) in [6.45, 7) is 10.9. The van der Waals surface area contributed by atoms with Crippen molar-refractivity contribution < 1.29 is 24.2 Å². The maximum atomic E-state index is 12.6. The van der Waals surface area contributed by atoms with Gasteiger partial charge >= 0.3 is 11.9 Å². The van der Waals surface area contributed by atoms with Crippen molar-refractivity contribution in [2.24, 2.45) is 23.7 Å². The Kier molecular flexibility index (Phi) is 8.20. The summed E-state index contributed by atoms with van der Waals surface area (Å²) in [5.41, 5.74) is -0.602. The third-order valence-corrected chi connectivity index (χ3v) is 4.46. The molecule has 1 saturated heterocycles. The van der Waals surface area contributed by atoms with E-state index in [9.17, 15) is 14.7 Å². The van der Waals surface area contributed by atoms with Crippen molar-refractivity contribution in [2.75, 3.05) is 13.2 Å². The zero-order valence-corrected chi connectivity index (χ0v) is 15.8. The number of carboxylic acids is 1. The van der Waals surface area contributed by atoms with Gasteiger partial charge in [0.1, 0.15) is 5.60 Å². The molecule has 0 bridgehead atoms. The van der Waals surface area contributed by atoms with Crippen LogP contribution in [0.5, 0.6) is 0 Å². The third-order valence-electron chi connectivity index (χ3n) is 4.46. The van der Waals surface area contributed by atoms with Gasteiger partial charge in [-0.1, -0.05) is 13.8 Å². The number of hydrogen-bond donors (Lipinski definition) is 1. The van der Waals surface area contributed by atoms with E-state index in [0.717, 1.165) is 32.5 Å². The van der Waals surface area contributed by atoms with Crippen LogP contribution in [-0.2, 0) is 19.1 Å². The smallest absolute Gasteiger partial charge is 0.310 e. The molecule has 1 rings (SSSR count). The van der Waals surface area contributed by atoms with Gasteiger partial charge in [-0.2, -0.15) is 0 Å². The highest BCUT2D eigenvalue weighted by Crippen LogP contribution is 2.31. The number of rotatable bonds is 8. The molecule has 1 fully saturated rings. The van der Waals surface area contributed by atoms with E-state index in [1.54, 1.807) is 0 Å². The number of ether oxygens (including phenoxy) is 2. The molecular formula is C19H34O5. The van der Waals surface area contributed by atoms with Crippen LogP contribution < -0.4 is 0 Å². The molecule has 0 radical (unpaired) electrons. The van der Waals surface area contributed by atoms with Gasteiger partial charge in [0.05, 0.1) is 11.8 Å². The third kappa shape index (κ3) is 7.65. The molecule has 0 aliphatic carbocycles. The van der Waals surface area contributed by atoms with Gasteiger partial charge in [-0.25, -0.2) is 0 Å². The summed E-state index contributed by atoms with van der Waals surface area (Å²) >= 11 is 0. The first kappa shape index (κ1) is 20.9. The van der Waals surface area contributed by atoms with E-state index < -0.39 is 23.4 Å². The molecule has 1 heterocycles.